The Balaban J connectivity index is 1.36. The molecule has 2 aliphatic rings. The molecule has 5 nitrogen and oxygen atoms in total. The maximum absolute atomic E-state index is 12.4. The third-order valence-electron chi connectivity index (χ3n) is 6.17. The van der Waals surface area contributed by atoms with Gasteiger partial charge in [0, 0.05) is 35.9 Å². The maximum atomic E-state index is 12.4. The standard InChI is InChI=1S/C23H22F3N3O2/c1-30-20-4-2-3-19-16(9-12-27-21(19)20)13-29-15-28(14-22(29)10-11-22)17-5-7-18(8-6-17)31-23(24,25)26/h2-9,12H,10-11,13-15H2,1H3. The number of benzene rings is 2. The van der Waals surface area contributed by atoms with Gasteiger partial charge in [-0.1, -0.05) is 12.1 Å². The number of hydrogen-bond acceptors (Lipinski definition) is 5. The Hall–Kier alpha value is -3.00. The molecule has 2 fully saturated rings. The normalized spacial score (nSPS) is 18.0. The van der Waals surface area contributed by atoms with E-state index < -0.39 is 6.36 Å². The number of halogens is 3. The number of hydrogen-bond donors (Lipinski definition) is 0. The molecule has 5 rings (SSSR count). The molecule has 8 heteroatoms. The monoisotopic (exact) mass is 429 g/mol. The lowest BCUT2D eigenvalue weighted by Crippen LogP contribution is -2.32. The van der Waals surface area contributed by atoms with Crippen LogP contribution in [-0.2, 0) is 6.54 Å². The highest BCUT2D eigenvalue weighted by Gasteiger charge is 2.53. The molecule has 2 aromatic carbocycles. The lowest BCUT2D eigenvalue weighted by molar-refractivity contribution is -0.274. The minimum atomic E-state index is -4.68. The van der Waals surface area contributed by atoms with Crippen molar-refractivity contribution in [1.29, 1.82) is 0 Å². The molecule has 1 aliphatic heterocycles. The van der Waals surface area contributed by atoms with Gasteiger partial charge in [0.2, 0.25) is 0 Å². The summed E-state index contributed by atoms with van der Waals surface area (Å²) in [5.41, 5.74) is 3.05. The van der Waals surface area contributed by atoms with Crippen molar-refractivity contribution in [3.63, 3.8) is 0 Å². The second-order valence-electron chi connectivity index (χ2n) is 8.13. The lowest BCUT2D eigenvalue weighted by Gasteiger charge is -2.23. The predicted octanol–water partition coefficient (Wildman–Crippen LogP) is 4.95. The number of para-hydroxylation sites is 1. The van der Waals surface area contributed by atoms with Gasteiger partial charge in [0.15, 0.2) is 0 Å². The molecule has 0 amide bonds. The van der Waals surface area contributed by atoms with E-state index in [1.807, 2.05) is 24.4 Å². The number of fused-ring (bicyclic) bond motifs is 1. The first-order valence-electron chi connectivity index (χ1n) is 10.1. The van der Waals surface area contributed by atoms with Crippen molar-refractivity contribution in [2.45, 2.75) is 31.3 Å². The summed E-state index contributed by atoms with van der Waals surface area (Å²) in [5.74, 6) is 0.551. The average Bonchev–Trinajstić information content (AvgIpc) is 3.43. The molecule has 2 heterocycles. The summed E-state index contributed by atoms with van der Waals surface area (Å²) >= 11 is 0. The first kappa shape index (κ1) is 19.9. The van der Waals surface area contributed by atoms with Crippen molar-refractivity contribution in [3.8, 4) is 11.5 Å². The Morgan fingerprint density at radius 1 is 1.06 bits per heavy atom. The zero-order valence-electron chi connectivity index (χ0n) is 17.0. The van der Waals surface area contributed by atoms with Crippen molar-refractivity contribution in [2.75, 3.05) is 25.2 Å². The Kier molecular flexibility index (Phi) is 4.69. The van der Waals surface area contributed by atoms with Gasteiger partial charge < -0.3 is 14.4 Å². The Morgan fingerprint density at radius 2 is 1.84 bits per heavy atom. The molecule has 1 aromatic heterocycles. The van der Waals surface area contributed by atoms with Gasteiger partial charge in [0.25, 0.3) is 0 Å². The molecule has 0 radical (unpaired) electrons. The number of ether oxygens (including phenoxy) is 2. The highest BCUT2D eigenvalue weighted by molar-refractivity contribution is 5.87. The number of nitrogens with zero attached hydrogens (tertiary/aromatic N) is 3. The quantitative estimate of drug-likeness (QED) is 0.574. The molecule has 1 saturated carbocycles. The summed E-state index contributed by atoms with van der Waals surface area (Å²) in [6, 6.07) is 14.1. The molecule has 0 unspecified atom stereocenters. The van der Waals surface area contributed by atoms with Crippen molar-refractivity contribution in [1.82, 2.24) is 9.88 Å². The lowest BCUT2D eigenvalue weighted by atomic mass is 10.1. The van der Waals surface area contributed by atoms with Gasteiger partial charge in [-0.25, -0.2) is 0 Å². The summed E-state index contributed by atoms with van der Waals surface area (Å²) in [6.45, 7) is 2.35. The summed E-state index contributed by atoms with van der Waals surface area (Å²) < 4.78 is 46.7. The van der Waals surface area contributed by atoms with Crippen LogP contribution in [-0.4, -0.2) is 42.1 Å². The first-order valence-corrected chi connectivity index (χ1v) is 10.1. The van der Waals surface area contributed by atoms with Crippen LogP contribution in [0.4, 0.5) is 18.9 Å². The number of rotatable bonds is 5. The Bertz CT molecular complexity index is 1100. The van der Waals surface area contributed by atoms with Crippen LogP contribution >= 0.6 is 0 Å². The number of pyridine rings is 1. The molecule has 1 spiro atoms. The number of anilines is 1. The van der Waals surface area contributed by atoms with Crippen LogP contribution < -0.4 is 14.4 Å². The summed E-state index contributed by atoms with van der Waals surface area (Å²) in [6.07, 6.45) is -0.636. The fourth-order valence-electron chi connectivity index (χ4n) is 4.44. The number of aromatic nitrogens is 1. The minimum Gasteiger partial charge on any atom is -0.494 e. The van der Waals surface area contributed by atoms with E-state index in [1.165, 1.54) is 17.7 Å². The third-order valence-corrected chi connectivity index (χ3v) is 6.17. The van der Waals surface area contributed by atoms with Crippen LogP contribution in [0.2, 0.25) is 0 Å². The summed E-state index contributed by atoms with van der Waals surface area (Å²) in [5, 5.41) is 1.07. The van der Waals surface area contributed by atoms with Gasteiger partial charge in [-0.3, -0.25) is 9.88 Å². The van der Waals surface area contributed by atoms with Crippen LogP contribution in [0.15, 0.2) is 54.7 Å². The van der Waals surface area contributed by atoms with Gasteiger partial charge in [-0.15, -0.1) is 13.2 Å². The Morgan fingerprint density at radius 3 is 2.52 bits per heavy atom. The third kappa shape index (κ3) is 3.87. The van der Waals surface area contributed by atoms with E-state index in [-0.39, 0.29) is 11.3 Å². The molecule has 3 aromatic rings. The topological polar surface area (TPSA) is 37.8 Å². The molecule has 0 N–H and O–H groups in total. The van der Waals surface area contributed by atoms with E-state index >= 15 is 0 Å². The molecular formula is C23H22F3N3O2. The van der Waals surface area contributed by atoms with Crippen LogP contribution in [0.3, 0.4) is 0 Å². The number of methoxy groups -OCH3 is 1. The van der Waals surface area contributed by atoms with Crippen molar-refractivity contribution < 1.29 is 22.6 Å². The van der Waals surface area contributed by atoms with E-state index in [0.717, 1.165) is 48.3 Å². The predicted molar refractivity (Wildman–Crippen MR) is 111 cm³/mol. The highest BCUT2D eigenvalue weighted by atomic mass is 19.4. The second-order valence-corrected chi connectivity index (χ2v) is 8.13. The van der Waals surface area contributed by atoms with Crippen molar-refractivity contribution >= 4 is 16.6 Å². The largest absolute Gasteiger partial charge is 0.573 e. The van der Waals surface area contributed by atoms with Crippen molar-refractivity contribution in [2.24, 2.45) is 0 Å². The molecular weight excluding hydrogens is 407 g/mol. The van der Waals surface area contributed by atoms with Gasteiger partial charge in [0.1, 0.15) is 17.0 Å². The first-order chi connectivity index (χ1) is 14.9. The van der Waals surface area contributed by atoms with Gasteiger partial charge >= 0.3 is 6.36 Å². The number of alkyl halides is 3. The van der Waals surface area contributed by atoms with Gasteiger partial charge in [-0.2, -0.15) is 0 Å². The molecule has 31 heavy (non-hydrogen) atoms. The average molecular weight is 429 g/mol. The fraction of sp³-hybridized carbons (Fsp3) is 0.348. The molecule has 1 saturated heterocycles. The van der Waals surface area contributed by atoms with Crippen LogP contribution in [0, 0.1) is 0 Å². The van der Waals surface area contributed by atoms with Gasteiger partial charge in [-0.05, 0) is 54.8 Å². The van der Waals surface area contributed by atoms with E-state index in [2.05, 4.69) is 25.6 Å². The Labute approximate surface area is 178 Å². The zero-order chi connectivity index (χ0) is 21.6. The maximum Gasteiger partial charge on any atom is 0.573 e. The summed E-state index contributed by atoms with van der Waals surface area (Å²) in [7, 11) is 1.64. The highest BCUT2D eigenvalue weighted by Crippen LogP contribution is 2.48. The van der Waals surface area contributed by atoms with Gasteiger partial charge in [0.05, 0.1) is 13.8 Å². The molecule has 162 valence electrons. The van der Waals surface area contributed by atoms with Crippen LogP contribution in [0.1, 0.15) is 18.4 Å². The second kappa shape index (κ2) is 7.30. The molecule has 1 aliphatic carbocycles. The molecule has 0 atom stereocenters. The van der Waals surface area contributed by atoms with E-state index in [4.69, 9.17) is 4.74 Å². The smallest absolute Gasteiger partial charge is 0.494 e. The van der Waals surface area contributed by atoms with Crippen LogP contribution in [0.25, 0.3) is 10.9 Å². The SMILES string of the molecule is COc1cccc2c(CN3CN(c4ccc(OC(F)(F)F)cc4)CC34CC4)ccnc12. The van der Waals surface area contributed by atoms with Crippen molar-refractivity contribution in [3.05, 3.63) is 60.3 Å². The fourth-order valence-corrected chi connectivity index (χ4v) is 4.44. The summed E-state index contributed by atoms with van der Waals surface area (Å²) in [4.78, 5) is 9.17. The zero-order valence-corrected chi connectivity index (χ0v) is 17.0. The van der Waals surface area contributed by atoms with E-state index in [9.17, 15) is 13.2 Å². The van der Waals surface area contributed by atoms with Crippen LogP contribution in [0.5, 0.6) is 11.5 Å². The minimum absolute atomic E-state index is 0.121. The van der Waals surface area contributed by atoms with E-state index in [0.29, 0.717) is 6.67 Å². The van der Waals surface area contributed by atoms with E-state index in [1.54, 1.807) is 19.2 Å². The molecule has 0 bridgehead atoms.